The number of guanidine groups is 1. The zero-order valence-corrected chi connectivity index (χ0v) is 20.4. The van der Waals surface area contributed by atoms with Crippen LogP contribution in [0.5, 0.6) is 5.75 Å². The van der Waals surface area contributed by atoms with Crippen LogP contribution in [0.2, 0.25) is 5.02 Å². The number of hydrogen-bond donors (Lipinski definition) is 2. The molecule has 0 bridgehead atoms. The normalized spacial score (nSPS) is 17.7. The highest BCUT2D eigenvalue weighted by molar-refractivity contribution is 14.0. The molecule has 0 spiro atoms. The Morgan fingerprint density at radius 2 is 2.03 bits per heavy atom. The van der Waals surface area contributed by atoms with Crippen LogP contribution < -0.4 is 15.4 Å². The number of nitrogens with one attached hydrogen (secondary N) is 2. The minimum absolute atomic E-state index is 0. The number of benzene rings is 1. The van der Waals surface area contributed by atoms with Gasteiger partial charge in [0.2, 0.25) is 5.91 Å². The minimum Gasteiger partial charge on any atom is -0.489 e. The van der Waals surface area contributed by atoms with Crippen molar-refractivity contribution in [2.45, 2.75) is 38.4 Å². The highest BCUT2D eigenvalue weighted by Crippen LogP contribution is 2.16. The van der Waals surface area contributed by atoms with E-state index in [2.05, 4.69) is 15.6 Å². The summed E-state index contributed by atoms with van der Waals surface area (Å²) in [4.78, 5) is 17.8. The van der Waals surface area contributed by atoms with Crippen molar-refractivity contribution in [3.63, 3.8) is 0 Å². The molecule has 0 aliphatic carbocycles. The first-order valence-corrected chi connectivity index (χ1v) is 10.1. The van der Waals surface area contributed by atoms with Crippen LogP contribution in [0.3, 0.4) is 0 Å². The van der Waals surface area contributed by atoms with Gasteiger partial charge in [-0.2, -0.15) is 0 Å². The fourth-order valence-electron chi connectivity index (χ4n) is 2.67. The molecule has 1 fully saturated rings. The Bertz CT molecular complexity index is 637. The van der Waals surface area contributed by atoms with Gasteiger partial charge >= 0.3 is 0 Å². The third-order valence-electron chi connectivity index (χ3n) is 4.35. The molecule has 0 aromatic heterocycles. The molecule has 0 radical (unpaired) electrons. The zero-order chi connectivity index (χ0) is 20.4. The molecule has 9 heteroatoms. The molecule has 1 aliphatic heterocycles. The topological polar surface area (TPSA) is 75.2 Å². The number of likely N-dealkylation sites (N-methyl/N-ethyl adjacent to an activating group) is 1. The van der Waals surface area contributed by atoms with Crippen molar-refractivity contribution in [2.24, 2.45) is 4.99 Å². The zero-order valence-electron chi connectivity index (χ0n) is 17.3. The van der Waals surface area contributed by atoms with Crippen LogP contribution in [0.1, 0.15) is 26.2 Å². The van der Waals surface area contributed by atoms with E-state index in [0.717, 1.165) is 25.2 Å². The standard InChI is InChI=1S/C20H31ClN4O3.HI/c1-15(28-17-9-7-16(21)8-10-17)12-22-20(24-14-19(26)25(2)3)23-13-18-6-4-5-11-27-18;/h7-10,15,18H,4-6,11-14H2,1-3H3,(H2,22,23,24);1H. The van der Waals surface area contributed by atoms with Gasteiger partial charge in [0.05, 0.1) is 12.6 Å². The second kappa shape index (κ2) is 13.9. The van der Waals surface area contributed by atoms with Gasteiger partial charge in [-0.25, -0.2) is 4.99 Å². The highest BCUT2D eigenvalue weighted by atomic mass is 127. The lowest BCUT2D eigenvalue weighted by Gasteiger charge is -2.24. The van der Waals surface area contributed by atoms with E-state index in [0.29, 0.717) is 24.1 Å². The van der Waals surface area contributed by atoms with Crippen LogP contribution in [0, 0.1) is 0 Å². The quantitative estimate of drug-likeness (QED) is 0.302. The lowest BCUT2D eigenvalue weighted by Crippen LogP contribution is -2.45. The van der Waals surface area contributed by atoms with Crippen LogP contribution in [-0.2, 0) is 9.53 Å². The lowest BCUT2D eigenvalue weighted by molar-refractivity contribution is -0.127. The molecule has 1 aromatic carbocycles. The van der Waals surface area contributed by atoms with Gasteiger partial charge in [-0.3, -0.25) is 4.79 Å². The molecular weight excluding hydrogens is 507 g/mol. The lowest BCUT2D eigenvalue weighted by atomic mass is 10.1. The number of carbonyl (C=O) groups is 1. The Labute approximate surface area is 195 Å². The summed E-state index contributed by atoms with van der Waals surface area (Å²) in [7, 11) is 3.44. The Kier molecular flexibility index (Phi) is 12.3. The second-order valence-electron chi connectivity index (χ2n) is 7.09. The van der Waals surface area contributed by atoms with Gasteiger partial charge in [-0.15, -0.1) is 24.0 Å². The maximum absolute atomic E-state index is 11.9. The molecule has 1 aliphatic rings. The molecule has 0 saturated carbocycles. The highest BCUT2D eigenvalue weighted by Gasteiger charge is 2.15. The summed E-state index contributed by atoms with van der Waals surface area (Å²) < 4.78 is 11.6. The summed E-state index contributed by atoms with van der Waals surface area (Å²) >= 11 is 5.90. The Hall–Kier alpha value is -1.26. The van der Waals surface area contributed by atoms with Crippen molar-refractivity contribution >= 4 is 47.4 Å². The SMILES string of the molecule is CC(CNC(=NCC(=O)N(C)C)NCC1CCCCO1)Oc1ccc(Cl)cc1.I. The van der Waals surface area contributed by atoms with E-state index in [9.17, 15) is 4.79 Å². The largest absolute Gasteiger partial charge is 0.489 e. The molecule has 2 atom stereocenters. The molecule has 1 heterocycles. The van der Waals surface area contributed by atoms with Crippen molar-refractivity contribution in [3.05, 3.63) is 29.3 Å². The molecular formula is C20H32ClIN4O3. The van der Waals surface area contributed by atoms with E-state index in [-0.39, 0.29) is 48.6 Å². The smallest absolute Gasteiger partial charge is 0.243 e. The average molecular weight is 539 g/mol. The summed E-state index contributed by atoms with van der Waals surface area (Å²) in [5.41, 5.74) is 0. The van der Waals surface area contributed by atoms with Crippen LogP contribution in [0.4, 0.5) is 0 Å². The predicted octanol–water partition coefficient (Wildman–Crippen LogP) is 2.92. The number of nitrogens with zero attached hydrogens (tertiary/aromatic N) is 2. The van der Waals surface area contributed by atoms with Crippen molar-refractivity contribution < 1.29 is 14.3 Å². The summed E-state index contributed by atoms with van der Waals surface area (Å²) in [5.74, 6) is 1.28. The number of carbonyl (C=O) groups excluding carboxylic acids is 1. The fraction of sp³-hybridized carbons (Fsp3) is 0.600. The number of amides is 1. The molecule has 164 valence electrons. The number of ether oxygens (including phenoxy) is 2. The Morgan fingerprint density at radius 1 is 1.31 bits per heavy atom. The maximum atomic E-state index is 11.9. The molecule has 1 aromatic rings. The average Bonchev–Trinajstić information content (AvgIpc) is 2.69. The number of hydrogen-bond acceptors (Lipinski definition) is 4. The van der Waals surface area contributed by atoms with Gasteiger partial charge < -0.3 is 25.0 Å². The van der Waals surface area contributed by atoms with Crippen molar-refractivity contribution in [1.29, 1.82) is 0 Å². The van der Waals surface area contributed by atoms with Gasteiger partial charge in [0.15, 0.2) is 5.96 Å². The van der Waals surface area contributed by atoms with Crippen LogP contribution >= 0.6 is 35.6 Å². The fourth-order valence-corrected chi connectivity index (χ4v) is 2.79. The summed E-state index contributed by atoms with van der Waals surface area (Å²) in [6.45, 7) is 4.05. The summed E-state index contributed by atoms with van der Waals surface area (Å²) in [6.07, 6.45) is 3.41. The van der Waals surface area contributed by atoms with Crippen LogP contribution in [-0.4, -0.2) is 69.3 Å². The third kappa shape index (κ3) is 10.4. The first-order chi connectivity index (χ1) is 13.4. The van der Waals surface area contributed by atoms with Gasteiger partial charge in [-0.1, -0.05) is 11.6 Å². The van der Waals surface area contributed by atoms with E-state index in [1.807, 2.05) is 19.1 Å². The first kappa shape index (κ1) is 25.8. The van der Waals surface area contributed by atoms with Gasteiger partial charge in [0.1, 0.15) is 18.4 Å². The second-order valence-corrected chi connectivity index (χ2v) is 7.52. The molecule has 1 saturated heterocycles. The third-order valence-corrected chi connectivity index (χ3v) is 4.60. The van der Waals surface area contributed by atoms with Crippen LogP contribution in [0.25, 0.3) is 0 Å². The van der Waals surface area contributed by atoms with Crippen molar-refractivity contribution in [1.82, 2.24) is 15.5 Å². The molecule has 1 amide bonds. The molecule has 2 unspecified atom stereocenters. The van der Waals surface area contributed by atoms with Gasteiger partial charge in [-0.05, 0) is 50.5 Å². The Morgan fingerprint density at radius 3 is 2.66 bits per heavy atom. The molecule has 2 N–H and O–H groups in total. The minimum atomic E-state index is -0.0938. The summed E-state index contributed by atoms with van der Waals surface area (Å²) in [6, 6.07) is 7.26. The number of rotatable bonds is 8. The number of halogens is 2. The van der Waals surface area contributed by atoms with Gasteiger partial charge in [0, 0.05) is 32.3 Å². The summed E-state index contributed by atoms with van der Waals surface area (Å²) in [5, 5.41) is 7.20. The number of aliphatic imine (C=N–C) groups is 1. The van der Waals surface area contributed by atoms with E-state index in [1.54, 1.807) is 26.2 Å². The van der Waals surface area contributed by atoms with Crippen molar-refractivity contribution in [2.75, 3.05) is 40.3 Å². The van der Waals surface area contributed by atoms with E-state index < -0.39 is 0 Å². The van der Waals surface area contributed by atoms with Crippen LogP contribution in [0.15, 0.2) is 29.3 Å². The van der Waals surface area contributed by atoms with Gasteiger partial charge in [0.25, 0.3) is 0 Å². The molecule has 29 heavy (non-hydrogen) atoms. The van der Waals surface area contributed by atoms with Crippen molar-refractivity contribution in [3.8, 4) is 5.75 Å². The van der Waals surface area contributed by atoms with E-state index >= 15 is 0 Å². The molecule has 7 nitrogen and oxygen atoms in total. The predicted molar refractivity (Wildman–Crippen MR) is 128 cm³/mol. The monoisotopic (exact) mass is 538 g/mol. The van der Waals surface area contributed by atoms with E-state index in [4.69, 9.17) is 21.1 Å². The molecule has 2 rings (SSSR count). The maximum Gasteiger partial charge on any atom is 0.243 e. The first-order valence-electron chi connectivity index (χ1n) is 9.70. The van der Waals surface area contributed by atoms with E-state index in [1.165, 1.54) is 11.3 Å². The Balaban J connectivity index is 0.00000420.